The van der Waals surface area contributed by atoms with Crippen LogP contribution in [-0.2, 0) is 4.74 Å². The molecule has 186 valence electrons. The molecule has 35 heavy (non-hydrogen) atoms. The van der Waals surface area contributed by atoms with E-state index in [0.717, 1.165) is 74.2 Å². The van der Waals surface area contributed by atoms with Gasteiger partial charge in [-0.1, -0.05) is 6.08 Å². The molecule has 6 saturated heterocycles. The Labute approximate surface area is 207 Å². The second-order valence-electron chi connectivity index (χ2n) is 10.7. The quantitative estimate of drug-likeness (QED) is 0.636. The van der Waals surface area contributed by atoms with Gasteiger partial charge >= 0.3 is 6.09 Å². The molecule has 0 saturated carbocycles. The van der Waals surface area contributed by atoms with E-state index in [1.165, 1.54) is 6.42 Å². The van der Waals surface area contributed by atoms with Crippen LogP contribution in [0, 0.1) is 17.8 Å². The Hall–Kier alpha value is -2.64. The van der Waals surface area contributed by atoms with Crippen molar-refractivity contribution in [3.63, 3.8) is 0 Å². The molecule has 6 fully saturated rings. The normalized spacial score (nSPS) is 34.4. The summed E-state index contributed by atoms with van der Waals surface area (Å²) in [6.07, 6.45) is 7.75. The van der Waals surface area contributed by atoms with E-state index in [9.17, 15) is 4.79 Å². The number of carbonyl (C=O) groups is 1. The van der Waals surface area contributed by atoms with E-state index in [2.05, 4.69) is 32.8 Å². The number of pyridine rings is 1. The van der Waals surface area contributed by atoms with Gasteiger partial charge in [0, 0.05) is 36.3 Å². The smallest absolute Gasteiger partial charge is 0.408 e. The number of carbonyl (C=O) groups excluding carboxylic acids is 1. The van der Waals surface area contributed by atoms with Crippen molar-refractivity contribution < 1.29 is 14.3 Å². The SMILES string of the molecule is C=C[C@H]1CN2CCC1C[C@H]2[C@H](OC(=O)NC1CN2CCC1CC2)c1ccnc2ccc(OC)cc12. The van der Waals surface area contributed by atoms with E-state index in [1.807, 2.05) is 30.5 Å². The lowest BCUT2D eigenvalue weighted by molar-refractivity contribution is -0.0516. The fraction of sp³-hybridized carbons (Fsp3) is 0.571. The molecule has 1 aromatic carbocycles. The Morgan fingerprint density at radius 3 is 2.69 bits per heavy atom. The zero-order valence-electron chi connectivity index (χ0n) is 20.6. The van der Waals surface area contributed by atoms with Crippen LogP contribution >= 0.6 is 0 Å². The Morgan fingerprint density at radius 2 is 2.00 bits per heavy atom. The third kappa shape index (κ3) is 4.29. The van der Waals surface area contributed by atoms with Gasteiger partial charge in [0.25, 0.3) is 0 Å². The first kappa shape index (κ1) is 22.8. The monoisotopic (exact) mass is 476 g/mol. The number of alkyl carbamates (subject to hydrolysis) is 1. The summed E-state index contributed by atoms with van der Waals surface area (Å²) in [5.41, 5.74) is 1.89. The number of piperidine rings is 6. The molecule has 6 atom stereocenters. The van der Waals surface area contributed by atoms with Crippen molar-refractivity contribution in [2.75, 3.05) is 39.8 Å². The number of ether oxygens (including phenoxy) is 2. The van der Waals surface area contributed by atoms with Crippen molar-refractivity contribution in [2.24, 2.45) is 17.8 Å². The van der Waals surface area contributed by atoms with Gasteiger partial charge in [0.15, 0.2) is 0 Å². The highest BCUT2D eigenvalue weighted by atomic mass is 16.6. The van der Waals surface area contributed by atoms with Crippen LogP contribution in [0.1, 0.15) is 37.4 Å². The number of rotatable bonds is 6. The lowest BCUT2D eigenvalue weighted by atomic mass is 9.73. The highest BCUT2D eigenvalue weighted by molar-refractivity contribution is 5.84. The van der Waals surface area contributed by atoms with Crippen molar-refractivity contribution in [1.82, 2.24) is 20.1 Å². The second-order valence-corrected chi connectivity index (χ2v) is 10.7. The molecule has 8 rings (SSSR count). The fourth-order valence-electron chi connectivity index (χ4n) is 6.99. The molecule has 7 heterocycles. The zero-order chi connectivity index (χ0) is 23.9. The predicted octanol–water partition coefficient (Wildman–Crippen LogP) is 4.00. The molecule has 6 aliphatic heterocycles. The van der Waals surface area contributed by atoms with Crippen LogP contribution in [0.5, 0.6) is 5.75 Å². The molecular formula is C28H36N4O3. The average molecular weight is 477 g/mol. The van der Waals surface area contributed by atoms with Crippen LogP contribution in [0.4, 0.5) is 4.79 Å². The molecule has 1 aromatic heterocycles. The van der Waals surface area contributed by atoms with Gasteiger partial charge in [-0.15, -0.1) is 6.58 Å². The number of methoxy groups -OCH3 is 1. The molecule has 0 aliphatic carbocycles. The number of benzene rings is 1. The Morgan fingerprint density at radius 1 is 1.17 bits per heavy atom. The highest BCUT2D eigenvalue weighted by Gasteiger charge is 2.45. The summed E-state index contributed by atoms with van der Waals surface area (Å²) in [6, 6.07) is 8.25. The van der Waals surface area contributed by atoms with Crippen LogP contribution in [0.2, 0.25) is 0 Å². The number of nitrogens with one attached hydrogen (secondary N) is 1. The zero-order valence-corrected chi connectivity index (χ0v) is 20.6. The van der Waals surface area contributed by atoms with E-state index < -0.39 is 0 Å². The van der Waals surface area contributed by atoms with Gasteiger partial charge in [0.2, 0.25) is 0 Å². The van der Waals surface area contributed by atoms with Crippen molar-refractivity contribution in [1.29, 1.82) is 0 Å². The molecule has 3 unspecified atom stereocenters. The van der Waals surface area contributed by atoms with Gasteiger partial charge in [0.05, 0.1) is 18.7 Å². The molecule has 0 spiro atoms. The first-order valence-corrected chi connectivity index (χ1v) is 13.1. The Balaban J connectivity index is 1.31. The van der Waals surface area contributed by atoms with E-state index in [0.29, 0.717) is 17.8 Å². The van der Waals surface area contributed by atoms with Crippen molar-refractivity contribution >= 4 is 17.0 Å². The molecule has 1 amide bonds. The van der Waals surface area contributed by atoms with Crippen molar-refractivity contribution in [3.8, 4) is 5.75 Å². The van der Waals surface area contributed by atoms with E-state index in [4.69, 9.17) is 9.47 Å². The van der Waals surface area contributed by atoms with Crippen molar-refractivity contribution in [2.45, 2.75) is 43.9 Å². The first-order chi connectivity index (χ1) is 17.1. The third-order valence-corrected chi connectivity index (χ3v) is 8.99. The third-order valence-electron chi connectivity index (χ3n) is 8.99. The van der Waals surface area contributed by atoms with Gasteiger partial charge in [-0.05, 0) is 87.3 Å². The van der Waals surface area contributed by atoms with Gasteiger partial charge in [-0.2, -0.15) is 0 Å². The molecular weight excluding hydrogens is 440 g/mol. The minimum atomic E-state index is -0.373. The van der Waals surface area contributed by atoms with Gasteiger partial charge in [-0.3, -0.25) is 9.88 Å². The fourth-order valence-corrected chi connectivity index (χ4v) is 6.99. The number of hydrogen-bond acceptors (Lipinski definition) is 6. The number of aromatic nitrogens is 1. The predicted molar refractivity (Wildman–Crippen MR) is 135 cm³/mol. The van der Waals surface area contributed by atoms with Crippen LogP contribution in [0.15, 0.2) is 43.1 Å². The first-order valence-electron chi connectivity index (χ1n) is 13.1. The van der Waals surface area contributed by atoms with Crippen LogP contribution in [0.25, 0.3) is 10.9 Å². The standard InChI is InChI=1S/C28H36N4O3/c1-3-18-16-32-13-9-20(18)14-26(32)27(22-6-10-29-24-5-4-21(34-2)15-23(22)24)35-28(33)30-25-17-31-11-7-19(25)8-12-31/h3-6,10,15,18-20,25-27H,1,7-9,11-14,16-17H2,2H3,(H,30,33)/t18-,20?,25?,26-,27+/m0/s1. The second kappa shape index (κ2) is 9.43. The summed E-state index contributed by atoms with van der Waals surface area (Å²) in [6.45, 7) is 9.31. The summed E-state index contributed by atoms with van der Waals surface area (Å²) >= 11 is 0. The van der Waals surface area contributed by atoms with E-state index in [1.54, 1.807) is 7.11 Å². The van der Waals surface area contributed by atoms with E-state index >= 15 is 0 Å². The molecule has 7 nitrogen and oxygen atoms in total. The summed E-state index contributed by atoms with van der Waals surface area (Å²) in [4.78, 5) is 22.9. The number of nitrogens with zero attached hydrogens (tertiary/aromatic N) is 3. The molecule has 4 bridgehead atoms. The summed E-state index contributed by atoms with van der Waals surface area (Å²) < 4.78 is 11.9. The Bertz CT molecular complexity index is 1100. The van der Waals surface area contributed by atoms with Crippen LogP contribution in [0.3, 0.4) is 0 Å². The van der Waals surface area contributed by atoms with E-state index in [-0.39, 0.29) is 24.3 Å². The highest BCUT2D eigenvalue weighted by Crippen LogP contribution is 2.43. The number of amides is 1. The average Bonchev–Trinajstić information content (AvgIpc) is 2.92. The Kier molecular flexibility index (Phi) is 6.14. The largest absolute Gasteiger partial charge is 0.497 e. The maximum absolute atomic E-state index is 13.4. The maximum atomic E-state index is 13.4. The lowest BCUT2D eigenvalue weighted by Gasteiger charge is -2.51. The van der Waals surface area contributed by atoms with Gasteiger partial charge in [0.1, 0.15) is 11.9 Å². The number of hydrogen-bond donors (Lipinski definition) is 1. The molecule has 7 heteroatoms. The summed E-state index contributed by atoms with van der Waals surface area (Å²) in [5, 5.41) is 4.23. The summed E-state index contributed by atoms with van der Waals surface area (Å²) in [5.74, 6) is 2.43. The number of fused-ring (bicyclic) bond motifs is 7. The molecule has 6 aliphatic rings. The van der Waals surface area contributed by atoms with Crippen LogP contribution in [-0.4, -0.2) is 72.8 Å². The molecule has 2 aromatic rings. The minimum absolute atomic E-state index is 0.138. The maximum Gasteiger partial charge on any atom is 0.408 e. The summed E-state index contributed by atoms with van der Waals surface area (Å²) in [7, 11) is 1.67. The van der Waals surface area contributed by atoms with Gasteiger partial charge < -0.3 is 19.7 Å². The lowest BCUT2D eigenvalue weighted by Crippen LogP contribution is -2.58. The topological polar surface area (TPSA) is 66.9 Å². The molecule has 1 N–H and O–H groups in total. The van der Waals surface area contributed by atoms with Gasteiger partial charge in [-0.25, -0.2) is 4.79 Å². The molecule has 0 radical (unpaired) electrons. The minimum Gasteiger partial charge on any atom is -0.497 e. The van der Waals surface area contributed by atoms with Crippen LogP contribution < -0.4 is 10.1 Å². The van der Waals surface area contributed by atoms with Crippen molar-refractivity contribution in [3.05, 3.63) is 48.7 Å².